The molecule has 0 aliphatic carbocycles. The van der Waals surface area contributed by atoms with Gasteiger partial charge in [0, 0.05) is 6.07 Å². The summed E-state index contributed by atoms with van der Waals surface area (Å²) >= 11 is 3.07. The van der Waals surface area contributed by atoms with Gasteiger partial charge in [0.1, 0.15) is 0 Å². The van der Waals surface area contributed by atoms with Crippen molar-refractivity contribution < 1.29 is 4.92 Å². The maximum absolute atomic E-state index is 10.4. The highest BCUT2D eigenvalue weighted by Gasteiger charge is 2.10. The molecule has 0 radical (unpaired) electrons. The van der Waals surface area contributed by atoms with Gasteiger partial charge in [0.15, 0.2) is 0 Å². The van der Waals surface area contributed by atoms with Crippen molar-refractivity contribution in [2.24, 2.45) is 0 Å². The lowest BCUT2D eigenvalue weighted by Crippen LogP contribution is -1.90. The number of halogens is 1. The van der Waals surface area contributed by atoms with Gasteiger partial charge >= 0.3 is 0 Å². The lowest BCUT2D eigenvalue weighted by atomic mass is 10.1. The summed E-state index contributed by atoms with van der Waals surface area (Å²) < 4.78 is 0.408. The highest BCUT2D eigenvalue weighted by molar-refractivity contribution is 9.10. The monoisotopic (exact) mass is 240 g/mol. The van der Waals surface area contributed by atoms with Crippen LogP contribution in [0.4, 0.5) is 5.69 Å². The topological polar surface area (TPSA) is 66.9 Å². The Labute approximate surface area is 83.1 Å². The van der Waals surface area contributed by atoms with Crippen LogP contribution in [0.25, 0.3) is 0 Å². The van der Waals surface area contributed by atoms with Gasteiger partial charge in [-0.25, -0.2) is 0 Å². The average Bonchev–Trinajstić information content (AvgIpc) is 2.04. The molecule has 13 heavy (non-hydrogen) atoms. The van der Waals surface area contributed by atoms with E-state index in [0.29, 0.717) is 4.47 Å². The molecule has 0 aliphatic rings. The van der Waals surface area contributed by atoms with E-state index >= 15 is 0 Å². The van der Waals surface area contributed by atoms with Gasteiger partial charge < -0.3 is 0 Å². The van der Waals surface area contributed by atoms with E-state index < -0.39 is 4.92 Å². The zero-order valence-corrected chi connectivity index (χ0v) is 8.11. The van der Waals surface area contributed by atoms with Gasteiger partial charge in [0.05, 0.1) is 21.9 Å². The first-order valence-electron chi connectivity index (χ1n) is 3.45. The normalized spacial score (nSPS) is 9.23. The maximum atomic E-state index is 10.4. The van der Waals surface area contributed by atoms with Crippen molar-refractivity contribution in [3.63, 3.8) is 0 Å². The van der Waals surface area contributed by atoms with Crippen LogP contribution in [-0.2, 0) is 6.42 Å². The molecule has 0 fully saturated rings. The predicted octanol–water partition coefficient (Wildman–Crippen LogP) is 2.42. The Kier molecular flexibility index (Phi) is 2.98. The van der Waals surface area contributed by atoms with Crippen LogP contribution in [-0.4, -0.2) is 4.92 Å². The van der Waals surface area contributed by atoms with E-state index in [1.54, 1.807) is 12.1 Å². The molecule has 1 aromatic rings. The van der Waals surface area contributed by atoms with Crippen LogP contribution >= 0.6 is 15.9 Å². The number of nitro benzene ring substituents is 1. The summed E-state index contributed by atoms with van der Waals surface area (Å²) in [4.78, 5) is 9.93. The second kappa shape index (κ2) is 4.01. The van der Waals surface area contributed by atoms with Crippen molar-refractivity contribution in [3.8, 4) is 6.07 Å². The van der Waals surface area contributed by atoms with Crippen LogP contribution in [0.3, 0.4) is 0 Å². The largest absolute Gasteiger partial charge is 0.283 e. The first kappa shape index (κ1) is 9.68. The Morgan fingerprint density at radius 2 is 2.31 bits per heavy atom. The van der Waals surface area contributed by atoms with E-state index in [-0.39, 0.29) is 12.1 Å². The van der Waals surface area contributed by atoms with Gasteiger partial charge in [-0.05, 0) is 27.6 Å². The zero-order valence-electron chi connectivity index (χ0n) is 6.53. The van der Waals surface area contributed by atoms with Gasteiger partial charge in [-0.3, -0.25) is 10.1 Å². The molecule has 4 nitrogen and oxygen atoms in total. The molecule has 0 heterocycles. The minimum atomic E-state index is -0.472. The SMILES string of the molecule is N#CCc1ccc([N+](=O)[O-])c(Br)c1. The fraction of sp³-hybridized carbons (Fsp3) is 0.125. The van der Waals surface area contributed by atoms with Crippen molar-refractivity contribution in [1.82, 2.24) is 0 Å². The molecular weight excluding hydrogens is 236 g/mol. The Morgan fingerprint density at radius 1 is 1.62 bits per heavy atom. The molecule has 0 unspecified atom stereocenters. The smallest absolute Gasteiger partial charge is 0.258 e. The molecule has 0 bridgehead atoms. The number of hydrogen-bond acceptors (Lipinski definition) is 3. The van der Waals surface area contributed by atoms with Crippen LogP contribution < -0.4 is 0 Å². The summed E-state index contributed by atoms with van der Waals surface area (Å²) in [6.07, 6.45) is 0.261. The lowest BCUT2D eigenvalue weighted by molar-refractivity contribution is -0.385. The number of nitrogens with zero attached hydrogens (tertiary/aromatic N) is 2. The summed E-state index contributed by atoms with van der Waals surface area (Å²) in [5.41, 5.74) is 0.779. The Morgan fingerprint density at radius 3 is 2.77 bits per heavy atom. The van der Waals surface area contributed by atoms with Gasteiger partial charge in [0.25, 0.3) is 5.69 Å². The van der Waals surface area contributed by atoms with E-state index in [4.69, 9.17) is 5.26 Å². The van der Waals surface area contributed by atoms with Crippen molar-refractivity contribution in [1.29, 1.82) is 5.26 Å². The number of rotatable bonds is 2. The Hall–Kier alpha value is -1.41. The van der Waals surface area contributed by atoms with E-state index in [9.17, 15) is 10.1 Å². The Balaban J connectivity index is 3.07. The molecule has 0 spiro atoms. The standard InChI is InChI=1S/C8H5BrN2O2/c9-7-5-6(3-4-10)1-2-8(7)11(12)13/h1-2,5H,3H2. The molecule has 0 amide bonds. The number of hydrogen-bond donors (Lipinski definition) is 0. The van der Waals surface area contributed by atoms with E-state index in [1.165, 1.54) is 6.07 Å². The van der Waals surface area contributed by atoms with Crippen molar-refractivity contribution >= 4 is 21.6 Å². The molecule has 1 rings (SSSR count). The van der Waals surface area contributed by atoms with Crippen LogP contribution in [0.1, 0.15) is 5.56 Å². The fourth-order valence-corrected chi connectivity index (χ4v) is 1.47. The predicted molar refractivity (Wildman–Crippen MR) is 50.1 cm³/mol. The van der Waals surface area contributed by atoms with E-state index in [1.807, 2.05) is 6.07 Å². The summed E-state index contributed by atoms with van der Waals surface area (Å²) in [6, 6.07) is 6.52. The molecule has 66 valence electrons. The fourth-order valence-electron chi connectivity index (χ4n) is 0.900. The molecule has 0 aromatic heterocycles. The minimum absolute atomic E-state index is 0.0155. The summed E-state index contributed by atoms with van der Waals surface area (Å²) in [5, 5.41) is 18.8. The van der Waals surface area contributed by atoms with Crippen LogP contribution in [0, 0.1) is 21.4 Å². The maximum Gasteiger partial charge on any atom is 0.283 e. The lowest BCUT2D eigenvalue weighted by Gasteiger charge is -1.97. The Bertz CT molecular complexity index is 384. The van der Waals surface area contributed by atoms with Gasteiger partial charge in [-0.15, -0.1) is 0 Å². The second-order valence-corrected chi connectivity index (χ2v) is 3.23. The molecular formula is C8H5BrN2O2. The average molecular weight is 241 g/mol. The summed E-state index contributed by atoms with van der Waals surface area (Å²) in [7, 11) is 0. The zero-order chi connectivity index (χ0) is 9.84. The molecule has 5 heteroatoms. The van der Waals surface area contributed by atoms with Crippen LogP contribution in [0.2, 0.25) is 0 Å². The second-order valence-electron chi connectivity index (χ2n) is 2.38. The number of nitriles is 1. The van der Waals surface area contributed by atoms with Gasteiger partial charge in [-0.1, -0.05) is 6.07 Å². The number of benzene rings is 1. The molecule has 1 aromatic carbocycles. The highest BCUT2D eigenvalue weighted by atomic mass is 79.9. The third kappa shape index (κ3) is 2.26. The van der Waals surface area contributed by atoms with Crippen molar-refractivity contribution in [3.05, 3.63) is 38.3 Å². The third-order valence-electron chi connectivity index (χ3n) is 1.49. The van der Waals surface area contributed by atoms with E-state index in [2.05, 4.69) is 15.9 Å². The molecule has 0 N–H and O–H groups in total. The first-order chi connectivity index (χ1) is 6.15. The van der Waals surface area contributed by atoms with Crippen LogP contribution in [0.5, 0.6) is 0 Å². The quantitative estimate of drug-likeness (QED) is 0.589. The third-order valence-corrected chi connectivity index (χ3v) is 2.13. The highest BCUT2D eigenvalue weighted by Crippen LogP contribution is 2.25. The number of nitro groups is 1. The molecule has 0 saturated heterocycles. The summed E-state index contributed by atoms with van der Waals surface area (Å²) in [6.45, 7) is 0. The minimum Gasteiger partial charge on any atom is -0.258 e. The molecule has 0 saturated carbocycles. The summed E-state index contributed by atoms with van der Waals surface area (Å²) in [5.74, 6) is 0. The molecule has 0 atom stereocenters. The first-order valence-corrected chi connectivity index (χ1v) is 4.24. The molecule has 0 aliphatic heterocycles. The van der Waals surface area contributed by atoms with Crippen LogP contribution in [0.15, 0.2) is 22.7 Å². The van der Waals surface area contributed by atoms with Gasteiger partial charge in [-0.2, -0.15) is 5.26 Å². The van der Waals surface area contributed by atoms with E-state index in [0.717, 1.165) is 5.56 Å². The van der Waals surface area contributed by atoms with Gasteiger partial charge in [0.2, 0.25) is 0 Å². The van der Waals surface area contributed by atoms with Crippen molar-refractivity contribution in [2.45, 2.75) is 6.42 Å². The van der Waals surface area contributed by atoms with Crippen molar-refractivity contribution in [2.75, 3.05) is 0 Å².